The lowest BCUT2D eigenvalue weighted by Gasteiger charge is -2.15. The van der Waals surface area contributed by atoms with E-state index in [2.05, 4.69) is 5.32 Å². The van der Waals surface area contributed by atoms with Crippen LogP contribution in [0.15, 0.2) is 18.2 Å². The van der Waals surface area contributed by atoms with Crippen molar-refractivity contribution in [3.8, 4) is 0 Å². The molecule has 0 aromatic heterocycles. The topological polar surface area (TPSA) is 55.1 Å². The predicted molar refractivity (Wildman–Crippen MR) is 62.1 cm³/mol. The Labute approximate surface area is 98.5 Å². The molecular weight excluding hydrogens is 235 g/mol. The lowest BCUT2D eigenvalue weighted by atomic mass is 10.1. The normalized spacial score (nSPS) is 12.5. The molecule has 3 nitrogen and oxygen atoms in total. The summed E-state index contributed by atoms with van der Waals surface area (Å²) < 4.78 is 0. The molecule has 1 atom stereocenters. The molecule has 0 aliphatic rings. The molecule has 0 aliphatic carbocycles. The third-order valence-corrected chi connectivity index (χ3v) is 2.35. The van der Waals surface area contributed by atoms with Crippen molar-refractivity contribution >= 4 is 29.1 Å². The molecule has 5 heteroatoms. The third kappa shape index (κ3) is 3.38. The molecule has 0 bridgehead atoms. The fourth-order valence-corrected chi connectivity index (χ4v) is 1.87. The summed E-state index contributed by atoms with van der Waals surface area (Å²) in [7, 11) is 0. The first-order chi connectivity index (χ1) is 7.04. The van der Waals surface area contributed by atoms with E-state index in [1.165, 1.54) is 0 Å². The van der Waals surface area contributed by atoms with Gasteiger partial charge >= 0.3 is 0 Å². The molecule has 0 heterocycles. The van der Waals surface area contributed by atoms with Crippen LogP contribution in [0.4, 0.5) is 0 Å². The Morgan fingerprint density at radius 2 is 1.93 bits per heavy atom. The van der Waals surface area contributed by atoms with Crippen molar-refractivity contribution in [1.82, 2.24) is 5.32 Å². The molecule has 0 saturated carbocycles. The molecule has 15 heavy (non-hydrogen) atoms. The molecule has 1 amide bonds. The van der Waals surface area contributed by atoms with E-state index in [4.69, 9.17) is 28.9 Å². The zero-order valence-electron chi connectivity index (χ0n) is 8.26. The highest BCUT2D eigenvalue weighted by atomic mass is 35.5. The van der Waals surface area contributed by atoms with Crippen LogP contribution >= 0.6 is 23.2 Å². The van der Waals surface area contributed by atoms with Crippen LogP contribution in [-0.4, -0.2) is 12.5 Å². The summed E-state index contributed by atoms with van der Waals surface area (Å²) in [5.74, 6) is -0.449. The maximum Gasteiger partial charge on any atom is 0.239 e. The lowest BCUT2D eigenvalue weighted by Crippen LogP contribution is -2.33. The van der Waals surface area contributed by atoms with Crippen LogP contribution in [0.25, 0.3) is 0 Å². The van der Waals surface area contributed by atoms with Crippen LogP contribution in [-0.2, 0) is 4.79 Å². The fraction of sp³-hybridized carbons (Fsp3) is 0.300. The number of hydrogen-bond donors (Lipinski definition) is 2. The molecule has 0 fully saturated rings. The number of nitrogens with two attached hydrogens (primary N) is 1. The smallest absolute Gasteiger partial charge is 0.239 e. The average molecular weight is 247 g/mol. The number of halogens is 2. The summed E-state index contributed by atoms with van der Waals surface area (Å²) in [6.45, 7) is 2.53. The van der Waals surface area contributed by atoms with Crippen molar-refractivity contribution in [2.45, 2.75) is 13.0 Å². The fourth-order valence-electron chi connectivity index (χ4n) is 1.33. The van der Waals surface area contributed by atoms with Gasteiger partial charge in [0.1, 0.15) is 6.04 Å². The highest BCUT2D eigenvalue weighted by Gasteiger charge is 2.17. The number of primary amides is 1. The predicted octanol–water partition coefficient (Wildman–Crippen LogP) is 2.13. The molecule has 1 unspecified atom stereocenters. The number of carbonyl (C=O) groups excluding carboxylic acids is 1. The van der Waals surface area contributed by atoms with E-state index >= 15 is 0 Å². The van der Waals surface area contributed by atoms with Gasteiger partial charge in [0.25, 0.3) is 0 Å². The van der Waals surface area contributed by atoms with Crippen molar-refractivity contribution in [1.29, 1.82) is 0 Å². The second-order valence-corrected chi connectivity index (χ2v) is 3.97. The van der Waals surface area contributed by atoms with Gasteiger partial charge in [0.2, 0.25) is 5.91 Å². The summed E-state index contributed by atoms with van der Waals surface area (Å²) in [5.41, 5.74) is 5.95. The molecule has 1 rings (SSSR count). The van der Waals surface area contributed by atoms with Crippen molar-refractivity contribution in [2.24, 2.45) is 5.73 Å². The van der Waals surface area contributed by atoms with E-state index in [1.54, 1.807) is 18.2 Å². The number of likely N-dealkylation sites (N-methyl/N-ethyl adjacent to an activating group) is 1. The Kier molecular flexibility index (Phi) is 4.39. The van der Waals surface area contributed by atoms with Crippen LogP contribution < -0.4 is 11.1 Å². The Bertz CT molecular complexity index is 348. The molecule has 0 saturated heterocycles. The zero-order valence-corrected chi connectivity index (χ0v) is 9.77. The van der Waals surface area contributed by atoms with Gasteiger partial charge in [0.05, 0.1) is 0 Å². The van der Waals surface area contributed by atoms with Crippen LogP contribution in [0.2, 0.25) is 10.0 Å². The number of carbonyl (C=O) groups is 1. The molecule has 1 aromatic carbocycles. The van der Waals surface area contributed by atoms with Gasteiger partial charge in [-0.25, -0.2) is 0 Å². The highest BCUT2D eigenvalue weighted by Crippen LogP contribution is 2.23. The minimum atomic E-state index is -0.550. The van der Waals surface area contributed by atoms with E-state index in [0.29, 0.717) is 22.2 Å². The molecule has 0 spiro atoms. The zero-order chi connectivity index (χ0) is 11.4. The van der Waals surface area contributed by atoms with E-state index in [9.17, 15) is 4.79 Å². The first-order valence-corrected chi connectivity index (χ1v) is 5.29. The second-order valence-electron chi connectivity index (χ2n) is 3.10. The first-order valence-electron chi connectivity index (χ1n) is 4.53. The van der Waals surface area contributed by atoms with E-state index in [-0.39, 0.29) is 0 Å². The highest BCUT2D eigenvalue weighted by molar-refractivity contribution is 6.34. The minimum absolute atomic E-state index is 0.449. The summed E-state index contributed by atoms with van der Waals surface area (Å²) in [6.07, 6.45) is 0. The molecule has 3 N–H and O–H groups in total. The Morgan fingerprint density at radius 1 is 1.40 bits per heavy atom. The Balaban J connectivity index is 3.05. The molecule has 82 valence electrons. The number of nitrogens with one attached hydrogen (secondary N) is 1. The molecule has 1 aromatic rings. The summed E-state index contributed by atoms with van der Waals surface area (Å²) in [6, 6.07) is 4.40. The van der Waals surface area contributed by atoms with Crippen LogP contribution in [0.1, 0.15) is 18.5 Å². The quantitative estimate of drug-likeness (QED) is 0.856. The van der Waals surface area contributed by atoms with Crippen LogP contribution in [0.5, 0.6) is 0 Å². The number of rotatable bonds is 4. The number of benzene rings is 1. The standard InChI is InChI=1S/C10H12Cl2N2O/c1-2-14-9(10(13)15)6-3-7(11)5-8(12)4-6/h3-5,9,14H,2H2,1H3,(H2,13,15). The minimum Gasteiger partial charge on any atom is -0.368 e. The third-order valence-electron chi connectivity index (χ3n) is 1.91. The van der Waals surface area contributed by atoms with Crippen LogP contribution in [0, 0.1) is 0 Å². The maximum atomic E-state index is 11.2. The maximum absolute atomic E-state index is 11.2. The van der Waals surface area contributed by atoms with Gasteiger partial charge in [-0.15, -0.1) is 0 Å². The van der Waals surface area contributed by atoms with Gasteiger partial charge in [-0.05, 0) is 30.3 Å². The second kappa shape index (κ2) is 5.35. The van der Waals surface area contributed by atoms with Gasteiger partial charge in [0, 0.05) is 10.0 Å². The monoisotopic (exact) mass is 246 g/mol. The van der Waals surface area contributed by atoms with E-state index in [1.807, 2.05) is 6.92 Å². The Morgan fingerprint density at radius 3 is 2.33 bits per heavy atom. The van der Waals surface area contributed by atoms with Crippen molar-refractivity contribution in [2.75, 3.05) is 6.54 Å². The summed E-state index contributed by atoms with van der Waals surface area (Å²) >= 11 is 11.7. The van der Waals surface area contributed by atoms with Crippen molar-refractivity contribution in [3.63, 3.8) is 0 Å². The summed E-state index contributed by atoms with van der Waals surface area (Å²) in [5, 5.41) is 3.94. The van der Waals surface area contributed by atoms with Crippen molar-refractivity contribution in [3.05, 3.63) is 33.8 Å². The molecular formula is C10H12Cl2N2O. The Hall–Kier alpha value is -0.770. The number of hydrogen-bond acceptors (Lipinski definition) is 2. The first kappa shape index (κ1) is 12.3. The van der Waals surface area contributed by atoms with Gasteiger partial charge in [0.15, 0.2) is 0 Å². The SMILES string of the molecule is CCNC(C(N)=O)c1cc(Cl)cc(Cl)c1. The van der Waals surface area contributed by atoms with Gasteiger partial charge < -0.3 is 11.1 Å². The van der Waals surface area contributed by atoms with Crippen LogP contribution in [0.3, 0.4) is 0 Å². The largest absolute Gasteiger partial charge is 0.368 e. The van der Waals surface area contributed by atoms with Gasteiger partial charge in [-0.2, -0.15) is 0 Å². The van der Waals surface area contributed by atoms with Gasteiger partial charge in [-0.1, -0.05) is 30.1 Å². The van der Waals surface area contributed by atoms with Crippen molar-refractivity contribution < 1.29 is 4.79 Å². The van der Waals surface area contributed by atoms with E-state index < -0.39 is 11.9 Å². The van der Waals surface area contributed by atoms with Gasteiger partial charge in [-0.3, -0.25) is 4.79 Å². The molecule has 0 radical (unpaired) electrons. The summed E-state index contributed by atoms with van der Waals surface area (Å²) in [4.78, 5) is 11.2. The average Bonchev–Trinajstić information content (AvgIpc) is 2.11. The van der Waals surface area contributed by atoms with E-state index in [0.717, 1.165) is 0 Å². The number of amides is 1. The lowest BCUT2D eigenvalue weighted by molar-refractivity contribution is -0.120. The molecule has 0 aliphatic heterocycles.